The Balaban J connectivity index is 2.44. The summed E-state index contributed by atoms with van der Waals surface area (Å²) in [5.41, 5.74) is 0. The van der Waals surface area contributed by atoms with Gasteiger partial charge in [0.15, 0.2) is 6.61 Å². The molecule has 0 spiro atoms. The van der Waals surface area contributed by atoms with Gasteiger partial charge in [0, 0.05) is 0 Å². The monoisotopic (exact) mass is 200 g/mol. The SMILES string of the molecule is FC(F)COc1nsnc1Cl. The van der Waals surface area contributed by atoms with Crippen LogP contribution in [-0.2, 0) is 0 Å². The third-order valence-electron chi connectivity index (χ3n) is 0.767. The fourth-order valence-electron chi connectivity index (χ4n) is 0.398. The summed E-state index contributed by atoms with van der Waals surface area (Å²) in [4.78, 5) is 0. The molecule has 0 aliphatic rings. The predicted molar refractivity (Wildman–Crippen MR) is 36.4 cm³/mol. The minimum Gasteiger partial charge on any atom is -0.469 e. The standard InChI is InChI=1S/C4H3ClF2N2OS/c5-3-4(9-11-8-3)10-1-2(6)7/h2H,1H2. The first kappa shape index (κ1) is 8.61. The van der Waals surface area contributed by atoms with E-state index in [2.05, 4.69) is 13.5 Å². The maximum atomic E-state index is 11.5. The van der Waals surface area contributed by atoms with Gasteiger partial charge in [-0.2, -0.15) is 4.37 Å². The van der Waals surface area contributed by atoms with Crippen LogP contribution in [0.1, 0.15) is 0 Å². The van der Waals surface area contributed by atoms with Gasteiger partial charge in [-0.15, -0.1) is 4.37 Å². The number of rotatable bonds is 3. The van der Waals surface area contributed by atoms with Crippen LogP contribution in [0.25, 0.3) is 0 Å². The maximum Gasteiger partial charge on any atom is 0.272 e. The molecule has 3 nitrogen and oxygen atoms in total. The normalized spacial score (nSPS) is 10.5. The van der Waals surface area contributed by atoms with Crippen molar-refractivity contribution in [2.24, 2.45) is 0 Å². The first-order valence-electron chi connectivity index (χ1n) is 2.59. The van der Waals surface area contributed by atoms with Crippen LogP contribution in [0.5, 0.6) is 5.88 Å². The van der Waals surface area contributed by atoms with Crippen molar-refractivity contribution in [1.82, 2.24) is 8.75 Å². The quantitative estimate of drug-likeness (QED) is 0.747. The number of ether oxygens (including phenoxy) is 1. The molecule has 0 aliphatic heterocycles. The van der Waals surface area contributed by atoms with E-state index < -0.39 is 13.0 Å². The molecular formula is C4H3ClF2N2OS. The van der Waals surface area contributed by atoms with Crippen molar-refractivity contribution in [1.29, 1.82) is 0 Å². The van der Waals surface area contributed by atoms with Crippen LogP contribution in [0.3, 0.4) is 0 Å². The summed E-state index contributed by atoms with van der Waals surface area (Å²) in [5.74, 6) is -0.0306. The molecule has 0 bridgehead atoms. The molecule has 1 aromatic rings. The summed E-state index contributed by atoms with van der Waals surface area (Å²) >= 11 is 6.21. The molecule has 62 valence electrons. The molecule has 0 fully saturated rings. The molecule has 0 aromatic carbocycles. The molecule has 11 heavy (non-hydrogen) atoms. The largest absolute Gasteiger partial charge is 0.469 e. The first-order valence-corrected chi connectivity index (χ1v) is 3.70. The van der Waals surface area contributed by atoms with Gasteiger partial charge in [0.1, 0.15) is 0 Å². The zero-order valence-electron chi connectivity index (χ0n) is 5.13. The van der Waals surface area contributed by atoms with Crippen molar-refractivity contribution in [3.63, 3.8) is 0 Å². The fourth-order valence-corrected chi connectivity index (χ4v) is 1.04. The Labute approximate surface area is 70.3 Å². The molecule has 0 atom stereocenters. The van der Waals surface area contributed by atoms with Crippen LogP contribution < -0.4 is 4.74 Å². The van der Waals surface area contributed by atoms with Gasteiger partial charge in [-0.1, -0.05) is 11.6 Å². The van der Waals surface area contributed by atoms with E-state index in [1.165, 1.54) is 0 Å². The van der Waals surface area contributed by atoms with Crippen LogP contribution in [-0.4, -0.2) is 21.8 Å². The lowest BCUT2D eigenvalue weighted by molar-refractivity contribution is 0.0801. The highest BCUT2D eigenvalue weighted by Crippen LogP contribution is 2.20. The number of alkyl halides is 2. The highest BCUT2D eigenvalue weighted by atomic mass is 35.5. The van der Waals surface area contributed by atoms with Crippen molar-refractivity contribution < 1.29 is 13.5 Å². The van der Waals surface area contributed by atoms with Crippen molar-refractivity contribution in [2.45, 2.75) is 6.43 Å². The third kappa shape index (κ3) is 2.55. The number of halogens is 3. The predicted octanol–water partition coefficient (Wildman–Crippen LogP) is 1.84. The molecule has 1 heterocycles. The lowest BCUT2D eigenvalue weighted by Gasteiger charge is -1.99. The van der Waals surface area contributed by atoms with Crippen LogP contribution >= 0.6 is 23.3 Å². The summed E-state index contributed by atoms with van der Waals surface area (Å²) in [6, 6.07) is 0. The average molecular weight is 201 g/mol. The van der Waals surface area contributed by atoms with Gasteiger partial charge in [0.25, 0.3) is 12.3 Å². The van der Waals surface area contributed by atoms with E-state index in [-0.39, 0.29) is 11.0 Å². The molecule has 0 radical (unpaired) electrons. The van der Waals surface area contributed by atoms with Gasteiger partial charge in [-0.25, -0.2) is 8.78 Å². The zero-order chi connectivity index (χ0) is 8.27. The van der Waals surface area contributed by atoms with E-state index in [1.54, 1.807) is 0 Å². The van der Waals surface area contributed by atoms with Crippen molar-refractivity contribution in [2.75, 3.05) is 6.61 Å². The molecule has 0 saturated carbocycles. The summed E-state index contributed by atoms with van der Waals surface area (Å²) in [6.45, 7) is -0.703. The molecule has 1 rings (SSSR count). The van der Waals surface area contributed by atoms with E-state index >= 15 is 0 Å². The van der Waals surface area contributed by atoms with E-state index in [0.717, 1.165) is 11.7 Å². The molecule has 0 unspecified atom stereocenters. The van der Waals surface area contributed by atoms with Gasteiger partial charge in [-0.3, -0.25) is 0 Å². The zero-order valence-corrected chi connectivity index (χ0v) is 6.70. The van der Waals surface area contributed by atoms with E-state index in [1.807, 2.05) is 0 Å². The van der Waals surface area contributed by atoms with Gasteiger partial charge < -0.3 is 4.74 Å². The highest BCUT2D eigenvalue weighted by Gasteiger charge is 2.09. The minimum absolute atomic E-state index is 0.0238. The van der Waals surface area contributed by atoms with Crippen LogP contribution in [0.2, 0.25) is 5.15 Å². The van der Waals surface area contributed by atoms with E-state index in [4.69, 9.17) is 11.6 Å². The van der Waals surface area contributed by atoms with Crippen LogP contribution in [0.15, 0.2) is 0 Å². The Hall–Kier alpha value is -0.490. The summed E-state index contributed by atoms with van der Waals surface area (Å²) in [7, 11) is 0. The molecule has 0 N–H and O–H groups in total. The Morgan fingerprint density at radius 1 is 1.55 bits per heavy atom. The fraction of sp³-hybridized carbons (Fsp3) is 0.500. The van der Waals surface area contributed by atoms with Crippen molar-refractivity contribution >= 4 is 23.3 Å². The average Bonchev–Trinajstić information content (AvgIpc) is 2.31. The number of nitrogens with zero attached hydrogens (tertiary/aromatic N) is 2. The van der Waals surface area contributed by atoms with Gasteiger partial charge in [0.2, 0.25) is 5.15 Å². The van der Waals surface area contributed by atoms with Crippen LogP contribution in [0, 0.1) is 0 Å². The molecule has 1 aromatic heterocycles. The molecule has 0 amide bonds. The second-order valence-electron chi connectivity index (χ2n) is 1.56. The van der Waals surface area contributed by atoms with Crippen molar-refractivity contribution in [3.8, 4) is 5.88 Å². The van der Waals surface area contributed by atoms with E-state index in [0.29, 0.717) is 0 Å². The molecule has 7 heteroatoms. The van der Waals surface area contributed by atoms with Gasteiger partial charge in [0.05, 0.1) is 11.7 Å². The van der Waals surface area contributed by atoms with Gasteiger partial charge >= 0.3 is 0 Å². The Kier molecular flexibility index (Phi) is 2.95. The molecule has 0 aliphatic carbocycles. The second-order valence-corrected chi connectivity index (χ2v) is 2.45. The smallest absolute Gasteiger partial charge is 0.272 e. The lowest BCUT2D eigenvalue weighted by Crippen LogP contribution is -2.07. The third-order valence-corrected chi connectivity index (χ3v) is 1.63. The van der Waals surface area contributed by atoms with Crippen molar-refractivity contribution in [3.05, 3.63) is 5.15 Å². The summed E-state index contributed by atoms with van der Waals surface area (Å²) in [5, 5.41) is 0.0238. The maximum absolute atomic E-state index is 11.5. The number of aromatic nitrogens is 2. The molecular weight excluding hydrogens is 198 g/mol. The Morgan fingerprint density at radius 3 is 2.73 bits per heavy atom. The molecule has 0 saturated heterocycles. The second kappa shape index (κ2) is 3.77. The summed E-state index contributed by atoms with van der Waals surface area (Å²) in [6.07, 6.45) is -2.52. The van der Waals surface area contributed by atoms with Gasteiger partial charge in [-0.05, 0) is 0 Å². The van der Waals surface area contributed by atoms with Crippen LogP contribution in [0.4, 0.5) is 8.78 Å². The first-order chi connectivity index (χ1) is 5.20. The Morgan fingerprint density at radius 2 is 2.27 bits per heavy atom. The highest BCUT2D eigenvalue weighted by molar-refractivity contribution is 6.99. The number of hydrogen-bond acceptors (Lipinski definition) is 4. The summed E-state index contributed by atoms with van der Waals surface area (Å²) < 4.78 is 34.6. The topological polar surface area (TPSA) is 35.0 Å². The van der Waals surface area contributed by atoms with E-state index in [9.17, 15) is 8.78 Å². The minimum atomic E-state index is -2.52. The number of hydrogen-bond donors (Lipinski definition) is 0. The Bertz CT molecular complexity index is 232. The lowest BCUT2D eigenvalue weighted by atomic mass is 10.7.